The lowest BCUT2D eigenvalue weighted by Gasteiger charge is -2.37. The highest BCUT2D eigenvalue weighted by atomic mass is 32.2. The van der Waals surface area contributed by atoms with Crippen molar-refractivity contribution in [3.63, 3.8) is 0 Å². The number of sulfone groups is 1. The second kappa shape index (κ2) is 9.58. The van der Waals surface area contributed by atoms with E-state index in [-0.39, 0.29) is 22.3 Å². The number of carbonyl (C=O) groups is 2. The fraction of sp³-hybridized carbons (Fsp3) is 0.440. The number of benzene rings is 2. The van der Waals surface area contributed by atoms with Crippen LogP contribution in [0.1, 0.15) is 37.9 Å². The van der Waals surface area contributed by atoms with Crippen LogP contribution in [0, 0.1) is 11.6 Å². The molecule has 3 rings (SSSR count). The van der Waals surface area contributed by atoms with E-state index in [2.05, 4.69) is 5.32 Å². The van der Waals surface area contributed by atoms with Crippen molar-refractivity contribution in [3.8, 4) is 0 Å². The normalized spacial score (nSPS) is 16.4. The van der Waals surface area contributed by atoms with Crippen LogP contribution in [0.5, 0.6) is 0 Å². The number of hydrogen-bond donors (Lipinski definition) is 1. The van der Waals surface area contributed by atoms with Crippen LogP contribution in [-0.4, -0.2) is 51.8 Å². The number of carbonyl (C=O) groups excluding carboxylic acids is 2. The van der Waals surface area contributed by atoms with Crippen LogP contribution in [-0.2, 0) is 25.8 Å². The summed E-state index contributed by atoms with van der Waals surface area (Å²) in [6, 6.07) is 5.29. The second-order valence-electron chi connectivity index (χ2n) is 11.0. The molecular weight excluding hydrogens is 506 g/mol. The van der Waals surface area contributed by atoms with E-state index in [1.54, 1.807) is 20.8 Å². The number of ether oxygens (including phenoxy) is 1. The van der Waals surface area contributed by atoms with Crippen molar-refractivity contribution >= 4 is 40.8 Å². The Hall–Kier alpha value is -2.79. The number of amides is 2. The van der Waals surface area contributed by atoms with Crippen LogP contribution in [0.15, 0.2) is 35.2 Å². The van der Waals surface area contributed by atoms with Crippen molar-refractivity contribution < 1.29 is 31.5 Å². The summed E-state index contributed by atoms with van der Waals surface area (Å²) in [4.78, 5) is 27.8. The van der Waals surface area contributed by atoms with Gasteiger partial charge in [-0.2, -0.15) is 0 Å². The molecular formula is C25H32F2N2O5SSi. The van der Waals surface area contributed by atoms with E-state index < -0.39 is 53.2 Å². The standard InChI is InChI=1S/C25H32F2N2O5SSi/c1-25(2,3)34-24(31)29-11-10-15-12-17(35(4,32)33)8-9-18(15)21(29)23(30)28-16-13-19(26)22(20(27)14-16)36(5,6)7/h8-9,12-14,21H,10-11H2,1-7H3,(H,28,30)/t21-/m0/s1. The SMILES string of the molecule is CC(C)(C)OC(=O)N1CCc2cc(S(C)(=O)=O)ccc2[C@H]1C(=O)Nc1cc(F)c([Si](C)(C)C)c(F)c1. The van der Waals surface area contributed by atoms with Crippen LogP contribution in [0.25, 0.3) is 0 Å². The Labute approximate surface area is 211 Å². The highest BCUT2D eigenvalue weighted by Gasteiger charge is 2.39. The molecule has 0 saturated carbocycles. The van der Waals surface area contributed by atoms with Gasteiger partial charge in [0, 0.05) is 23.7 Å². The molecule has 1 aliphatic rings. The molecule has 1 N–H and O–H groups in total. The third-order valence-electron chi connectivity index (χ3n) is 5.71. The van der Waals surface area contributed by atoms with Gasteiger partial charge in [-0.05, 0) is 62.6 Å². The number of anilines is 1. The van der Waals surface area contributed by atoms with Crippen LogP contribution < -0.4 is 10.5 Å². The summed E-state index contributed by atoms with van der Waals surface area (Å²) >= 11 is 0. The minimum absolute atomic E-state index is 0.0344. The number of nitrogens with one attached hydrogen (secondary N) is 1. The number of hydrogen-bond acceptors (Lipinski definition) is 5. The highest BCUT2D eigenvalue weighted by molar-refractivity contribution is 7.90. The monoisotopic (exact) mass is 538 g/mol. The summed E-state index contributed by atoms with van der Waals surface area (Å²) in [6.45, 7) is 10.6. The van der Waals surface area contributed by atoms with Gasteiger partial charge in [0.15, 0.2) is 9.84 Å². The Bertz CT molecular complexity index is 1290. The zero-order chi connectivity index (χ0) is 27.2. The third-order valence-corrected chi connectivity index (χ3v) is 8.79. The van der Waals surface area contributed by atoms with E-state index in [0.717, 1.165) is 18.4 Å². The van der Waals surface area contributed by atoms with E-state index >= 15 is 0 Å². The number of rotatable bonds is 4. The van der Waals surface area contributed by atoms with Crippen molar-refractivity contribution in [3.05, 3.63) is 53.1 Å². The lowest BCUT2D eigenvalue weighted by atomic mass is 9.92. The van der Waals surface area contributed by atoms with Gasteiger partial charge < -0.3 is 10.1 Å². The van der Waals surface area contributed by atoms with Gasteiger partial charge in [-0.15, -0.1) is 0 Å². The molecule has 0 saturated heterocycles. The summed E-state index contributed by atoms with van der Waals surface area (Å²) < 4.78 is 59.1. The topological polar surface area (TPSA) is 92.8 Å². The van der Waals surface area contributed by atoms with Gasteiger partial charge in [0.25, 0.3) is 5.91 Å². The molecule has 0 aliphatic carbocycles. The maximum Gasteiger partial charge on any atom is 0.411 e. The Kier molecular flexibility index (Phi) is 7.40. The van der Waals surface area contributed by atoms with Crippen molar-refractivity contribution in [2.45, 2.75) is 63.4 Å². The molecule has 7 nitrogen and oxygen atoms in total. The van der Waals surface area contributed by atoms with Gasteiger partial charge in [0.05, 0.1) is 13.0 Å². The van der Waals surface area contributed by atoms with E-state index in [4.69, 9.17) is 4.74 Å². The zero-order valence-electron chi connectivity index (χ0n) is 21.5. The van der Waals surface area contributed by atoms with Crippen molar-refractivity contribution in [1.82, 2.24) is 4.90 Å². The lowest BCUT2D eigenvalue weighted by Crippen LogP contribution is -2.47. The summed E-state index contributed by atoms with van der Waals surface area (Å²) in [6.07, 6.45) is 0.657. The maximum atomic E-state index is 14.8. The second-order valence-corrected chi connectivity index (χ2v) is 18.0. The van der Waals surface area contributed by atoms with Crippen LogP contribution in [0.3, 0.4) is 0 Å². The van der Waals surface area contributed by atoms with Gasteiger partial charge in [-0.1, -0.05) is 25.7 Å². The highest BCUT2D eigenvalue weighted by Crippen LogP contribution is 2.34. The Balaban J connectivity index is 2.04. The molecule has 1 atom stereocenters. The predicted molar refractivity (Wildman–Crippen MR) is 137 cm³/mol. The average Bonchev–Trinajstić information content (AvgIpc) is 2.68. The Morgan fingerprint density at radius 3 is 2.17 bits per heavy atom. The van der Waals surface area contributed by atoms with Crippen LogP contribution >= 0.6 is 0 Å². The summed E-state index contributed by atoms with van der Waals surface area (Å²) in [5.74, 6) is -2.18. The van der Waals surface area contributed by atoms with E-state index in [9.17, 15) is 26.8 Å². The minimum atomic E-state index is -3.49. The molecule has 0 unspecified atom stereocenters. The molecule has 2 amide bonds. The van der Waals surface area contributed by atoms with E-state index in [1.165, 1.54) is 23.1 Å². The van der Waals surface area contributed by atoms with Gasteiger partial charge in [-0.25, -0.2) is 22.0 Å². The lowest BCUT2D eigenvalue weighted by molar-refractivity contribution is -0.121. The van der Waals surface area contributed by atoms with Crippen LogP contribution in [0.4, 0.5) is 19.3 Å². The maximum absolute atomic E-state index is 14.8. The van der Waals surface area contributed by atoms with Gasteiger partial charge in [0.1, 0.15) is 23.3 Å². The first-order valence-corrected chi connectivity index (χ1v) is 16.9. The Morgan fingerprint density at radius 2 is 1.67 bits per heavy atom. The van der Waals surface area contributed by atoms with Crippen molar-refractivity contribution in [1.29, 1.82) is 0 Å². The van der Waals surface area contributed by atoms with Gasteiger partial charge >= 0.3 is 6.09 Å². The summed E-state index contributed by atoms with van der Waals surface area (Å²) in [5.41, 5.74) is 0.0966. The molecule has 0 bridgehead atoms. The fourth-order valence-electron chi connectivity index (χ4n) is 4.21. The first-order valence-electron chi connectivity index (χ1n) is 11.5. The van der Waals surface area contributed by atoms with Gasteiger partial charge in [0.2, 0.25) is 0 Å². The molecule has 36 heavy (non-hydrogen) atoms. The summed E-state index contributed by atoms with van der Waals surface area (Å²) in [5, 5.41) is 2.57. The average molecular weight is 539 g/mol. The number of halogens is 2. The molecule has 2 aromatic rings. The van der Waals surface area contributed by atoms with Crippen molar-refractivity contribution in [2.75, 3.05) is 18.1 Å². The molecule has 11 heteroatoms. The Morgan fingerprint density at radius 1 is 1.08 bits per heavy atom. The quantitative estimate of drug-likeness (QED) is 0.583. The van der Waals surface area contributed by atoms with E-state index in [0.29, 0.717) is 17.5 Å². The van der Waals surface area contributed by atoms with Crippen molar-refractivity contribution in [2.24, 2.45) is 0 Å². The first kappa shape index (κ1) is 27.8. The smallest absolute Gasteiger partial charge is 0.411 e. The minimum Gasteiger partial charge on any atom is -0.444 e. The first-order chi connectivity index (χ1) is 16.4. The fourth-order valence-corrected chi connectivity index (χ4v) is 6.46. The third kappa shape index (κ3) is 6.12. The molecule has 0 radical (unpaired) electrons. The van der Waals surface area contributed by atoms with Gasteiger partial charge in [-0.3, -0.25) is 9.69 Å². The molecule has 196 valence electrons. The largest absolute Gasteiger partial charge is 0.444 e. The predicted octanol–water partition coefficient (Wildman–Crippen LogP) is 4.39. The molecule has 0 spiro atoms. The van der Waals surface area contributed by atoms with Crippen LogP contribution in [0.2, 0.25) is 19.6 Å². The number of fused-ring (bicyclic) bond motifs is 1. The number of nitrogens with zero attached hydrogens (tertiary/aromatic N) is 1. The van der Waals surface area contributed by atoms with E-state index in [1.807, 2.05) is 19.6 Å². The zero-order valence-corrected chi connectivity index (χ0v) is 23.3. The summed E-state index contributed by atoms with van der Waals surface area (Å²) in [7, 11) is -5.80. The molecule has 1 aliphatic heterocycles. The molecule has 2 aromatic carbocycles. The molecule has 0 fully saturated rings. The molecule has 1 heterocycles. The molecule has 0 aromatic heterocycles.